The summed E-state index contributed by atoms with van der Waals surface area (Å²) in [6.45, 7) is 0. The molecule has 0 saturated carbocycles. The van der Waals surface area contributed by atoms with Gasteiger partial charge in [0.15, 0.2) is 0 Å². The average molecular weight is 303 g/mol. The second-order valence-corrected chi connectivity index (χ2v) is 4.82. The maximum Gasteiger partial charge on any atom is 0.215 e. The Morgan fingerprint density at radius 1 is 1.00 bits per heavy atom. The van der Waals surface area contributed by atoms with Gasteiger partial charge in [-0.1, -0.05) is 36.4 Å². The predicted molar refractivity (Wildman–Crippen MR) is 75.4 cm³/mol. The van der Waals surface area contributed by atoms with Crippen molar-refractivity contribution in [1.82, 2.24) is 0 Å². The monoisotopic (exact) mass is 302 g/mol. The fourth-order valence-electron chi connectivity index (χ4n) is 2.06. The highest BCUT2D eigenvalue weighted by Crippen LogP contribution is 2.40. The zero-order valence-electron chi connectivity index (χ0n) is 9.51. The van der Waals surface area contributed by atoms with Crippen molar-refractivity contribution in [1.29, 1.82) is 5.41 Å². The van der Waals surface area contributed by atoms with Crippen LogP contribution in [0, 0.1) is 5.41 Å². The summed E-state index contributed by atoms with van der Waals surface area (Å²) in [5.41, 5.74) is 2.00. The smallest absolute Gasteiger partial charge is 0.215 e. The van der Waals surface area contributed by atoms with Gasteiger partial charge >= 0.3 is 0 Å². The Morgan fingerprint density at radius 3 is 2.44 bits per heavy atom. The Balaban J connectivity index is 2.00. The van der Waals surface area contributed by atoms with Crippen LogP contribution in [0.4, 0.5) is 5.69 Å². The molecule has 0 bridgehead atoms. The molecule has 1 heterocycles. The first-order valence-corrected chi connectivity index (χ1v) is 6.33. The number of ether oxygens (including phenoxy) is 1. The van der Waals surface area contributed by atoms with E-state index in [9.17, 15) is 0 Å². The van der Waals surface area contributed by atoms with Crippen LogP contribution in [0.2, 0.25) is 0 Å². The Labute approximate surface area is 114 Å². The van der Waals surface area contributed by atoms with Gasteiger partial charge in [0.25, 0.3) is 0 Å². The number of nitrogens with zero attached hydrogens (tertiary/aromatic N) is 1. The second-order valence-electron chi connectivity index (χ2n) is 4.05. The number of para-hydroxylation sites is 2. The van der Waals surface area contributed by atoms with Crippen molar-refractivity contribution in [2.24, 2.45) is 0 Å². The quantitative estimate of drug-likeness (QED) is 0.854. The summed E-state index contributed by atoms with van der Waals surface area (Å²) in [5, 5.41) is 7.98. The van der Waals surface area contributed by atoms with Crippen molar-refractivity contribution in [3.8, 4) is 5.75 Å². The first kappa shape index (κ1) is 11.3. The van der Waals surface area contributed by atoms with Crippen LogP contribution < -0.4 is 8.66 Å². The van der Waals surface area contributed by atoms with Crippen LogP contribution in [-0.2, 0) is 0 Å². The molecule has 0 radical (unpaired) electrons. The molecule has 3 nitrogen and oxygen atoms in total. The number of nitrogens with one attached hydrogen (secondary N) is 1. The molecule has 0 spiro atoms. The summed E-state index contributed by atoms with van der Waals surface area (Å²) >= 11 is 3.54. The SMILES string of the molecule is N=C1Oc2ccccc2C1N(Br)c1ccccc1. The minimum atomic E-state index is -0.219. The van der Waals surface area contributed by atoms with E-state index in [-0.39, 0.29) is 11.9 Å². The van der Waals surface area contributed by atoms with Crippen LogP contribution in [0.15, 0.2) is 54.6 Å². The normalized spacial score (nSPS) is 17.2. The van der Waals surface area contributed by atoms with Crippen LogP contribution in [0.3, 0.4) is 0 Å². The summed E-state index contributed by atoms with van der Waals surface area (Å²) in [5.74, 6) is 0.991. The van der Waals surface area contributed by atoms with E-state index < -0.39 is 0 Å². The zero-order valence-corrected chi connectivity index (χ0v) is 11.1. The second kappa shape index (κ2) is 4.46. The Bertz CT molecular complexity index is 585. The number of anilines is 1. The molecule has 1 aliphatic rings. The maximum absolute atomic E-state index is 7.98. The number of hydrogen-bond donors (Lipinski definition) is 1. The molecule has 90 valence electrons. The van der Waals surface area contributed by atoms with Gasteiger partial charge in [-0.3, -0.25) is 9.34 Å². The van der Waals surface area contributed by atoms with Gasteiger partial charge in [0.05, 0.1) is 16.1 Å². The van der Waals surface area contributed by atoms with Crippen LogP contribution in [0.25, 0.3) is 0 Å². The van der Waals surface area contributed by atoms with Crippen LogP contribution in [0.1, 0.15) is 11.6 Å². The van der Waals surface area contributed by atoms with E-state index in [1.165, 1.54) is 0 Å². The molecular weight excluding hydrogens is 292 g/mol. The van der Waals surface area contributed by atoms with E-state index in [1.54, 1.807) is 0 Å². The van der Waals surface area contributed by atoms with Crippen LogP contribution >= 0.6 is 16.1 Å². The largest absolute Gasteiger partial charge is 0.441 e. The van der Waals surface area contributed by atoms with E-state index in [1.807, 2.05) is 58.5 Å². The summed E-state index contributed by atoms with van der Waals surface area (Å²) in [6.07, 6.45) is 0. The number of halogens is 1. The summed E-state index contributed by atoms with van der Waals surface area (Å²) in [7, 11) is 0. The zero-order chi connectivity index (χ0) is 12.5. The molecule has 0 amide bonds. The lowest BCUT2D eigenvalue weighted by Crippen LogP contribution is -2.23. The van der Waals surface area contributed by atoms with Crippen molar-refractivity contribution in [2.75, 3.05) is 3.93 Å². The highest BCUT2D eigenvalue weighted by Gasteiger charge is 2.34. The average Bonchev–Trinajstić information content (AvgIpc) is 2.75. The molecule has 1 unspecified atom stereocenters. The Hall–Kier alpha value is -1.81. The van der Waals surface area contributed by atoms with Gasteiger partial charge in [-0.25, -0.2) is 0 Å². The molecule has 1 atom stereocenters. The molecule has 0 fully saturated rings. The van der Waals surface area contributed by atoms with Crippen molar-refractivity contribution in [2.45, 2.75) is 6.04 Å². The van der Waals surface area contributed by atoms with E-state index in [2.05, 4.69) is 16.1 Å². The number of benzene rings is 2. The molecule has 0 saturated heterocycles. The van der Waals surface area contributed by atoms with Crippen LogP contribution in [0.5, 0.6) is 5.75 Å². The number of fused-ring (bicyclic) bond motifs is 1. The molecule has 1 N–H and O–H groups in total. The van der Waals surface area contributed by atoms with Gasteiger partial charge in [0, 0.05) is 11.3 Å². The van der Waals surface area contributed by atoms with E-state index >= 15 is 0 Å². The molecule has 0 aromatic heterocycles. The lowest BCUT2D eigenvalue weighted by atomic mass is 10.1. The van der Waals surface area contributed by atoms with E-state index in [0.29, 0.717) is 0 Å². The third-order valence-electron chi connectivity index (χ3n) is 2.91. The van der Waals surface area contributed by atoms with Crippen LogP contribution in [-0.4, -0.2) is 5.90 Å². The first-order chi connectivity index (χ1) is 8.77. The Kier molecular flexibility index (Phi) is 2.80. The van der Waals surface area contributed by atoms with Crippen molar-refractivity contribution in [3.63, 3.8) is 0 Å². The molecule has 2 aromatic carbocycles. The van der Waals surface area contributed by atoms with E-state index in [0.717, 1.165) is 17.0 Å². The summed E-state index contributed by atoms with van der Waals surface area (Å²) in [4.78, 5) is 0. The standard InChI is InChI=1S/C14H11BrN2O/c15-17(10-6-2-1-3-7-10)13-11-8-4-5-9-12(11)18-14(13)16/h1-9,13,16H. The molecular formula is C14H11BrN2O. The number of rotatable bonds is 2. The maximum atomic E-state index is 7.98. The van der Waals surface area contributed by atoms with Gasteiger partial charge in [-0.2, -0.15) is 0 Å². The van der Waals surface area contributed by atoms with Gasteiger partial charge in [0.2, 0.25) is 5.90 Å². The van der Waals surface area contributed by atoms with Gasteiger partial charge in [-0.15, -0.1) is 0 Å². The third kappa shape index (κ3) is 1.78. The molecule has 1 aliphatic heterocycles. The fraction of sp³-hybridized carbons (Fsp3) is 0.0714. The highest BCUT2D eigenvalue weighted by molar-refractivity contribution is 9.10. The topological polar surface area (TPSA) is 36.3 Å². The highest BCUT2D eigenvalue weighted by atomic mass is 79.9. The minimum Gasteiger partial charge on any atom is -0.441 e. The minimum absolute atomic E-state index is 0.219. The van der Waals surface area contributed by atoms with Crippen molar-refractivity contribution in [3.05, 3.63) is 60.2 Å². The van der Waals surface area contributed by atoms with Gasteiger partial charge in [0.1, 0.15) is 11.8 Å². The molecule has 4 heteroatoms. The molecule has 18 heavy (non-hydrogen) atoms. The third-order valence-corrected chi connectivity index (χ3v) is 3.73. The first-order valence-electron chi connectivity index (χ1n) is 5.62. The molecule has 3 rings (SSSR count). The number of hydrogen-bond acceptors (Lipinski definition) is 3. The van der Waals surface area contributed by atoms with E-state index in [4.69, 9.17) is 10.1 Å². The molecule has 2 aromatic rings. The van der Waals surface area contributed by atoms with Gasteiger partial charge < -0.3 is 4.74 Å². The fourth-order valence-corrected chi connectivity index (χ4v) is 2.70. The lowest BCUT2D eigenvalue weighted by Gasteiger charge is -2.22. The Morgan fingerprint density at radius 2 is 1.67 bits per heavy atom. The van der Waals surface area contributed by atoms with Crippen molar-refractivity contribution < 1.29 is 4.74 Å². The summed E-state index contributed by atoms with van der Waals surface area (Å²) in [6, 6.07) is 17.4. The molecule has 0 aliphatic carbocycles. The predicted octanol–water partition coefficient (Wildman–Crippen LogP) is 3.91. The lowest BCUT2D eigenvalue weighted by molar-refractivity contribution is 0.553. The van der Waals surface area contributed by atoms with Crippen molar-refractivity contribution >= 4 is 27.7 Å². The van der Waals surface area contributed by atoms with Gasteiger partial charge in [-0.05, 0) is 18.2 Å². The summed E-state index contributed by atoms with van der Waals surface area (Å²) < 4.78 is 7.35.